The minimum atomic E-state index is -1.17. The Labute approximate surface area is 143 Å². The van der Waals surface area contributed by atoms with E-state index in [0.717, 1.165) is 5.56 Å². The summed E-state index contributed by atoms with van der Waals surface area (Å²) in [6, 6.07) is 11.7. The summed E-state index contributed by atoms with van der Waals surface area (Å²) in [7, 11) is 0. The number of phenolic OH excluding ortho intramolecular Hbond substituents is 1. The zero-order chi connectivity index (χ0) is 17.5. The first-order valence-electron chi connectivity index (χ1n) is 7.12. The molecule has 0 aliphatic rings. The highest BCUT2D eigenvalue weighted by molar-refractivity contribution is 6.30. The standard InChI is InChI=1S/C17H16ClNO5/c18-13-5-1-12(2-6-13)10-24-17(23)19-15(16(21)22)9-11-3-7-14(20)8-4-11/h1-8,15,20H,9-10H2,(H,19,23)(H,21,22)/t15-/m0/s1. The van der Waals surface area contributed by atoms with E-state index in [4.69, 9.17) is 16.3 Å². The van der Waals surface area contributed by atoms with Crippen LogP contribution in [0.4, 0.5) is 4.79 Å². The molecule has 0 aliphatic carbocycles. The second-order valence-electron chi connectivity index (χ2n) is 5.11. The summed E-state index contributed by atoms with van der Waals surface area (Å²) in [6.45, 7) is 0.00848. The molecule has 1 amide bonds. The average molecular weight is 350 g/mol. The van der Waals surface area contributed by atoms with Gasteiger partial charge in [-0.3, -0.25) is 0 Å². The molecule has 0 aromatic heterocycles. The van der Waals surface area contributed by atoms with Gasteiger partial charge in [-0.1, -0.05) is 35.9 Å². The molecular weight excluding hydrogens is 334 g/mol. The van der Waals surface area contributed by atoms with Crippen molar-refractivity contribution in [2.75, 3.05) is 0 Å². The van der Waals surface area contributed by atoms with Gasteiger partial charge in [0.25, 0.3) is 0 Å². The van der Waals surface area contributed by atoms with Gasteiger partial charge in [-0.05, 0) is 35.4 Å². The predicted octanol–water partition coefficient (Wildman–Crippen LogP) is 2.97. The van der Waals surface area contributed by atoms with Crippen molar-refractivity contribution in [3.05, 3.63) is 64.7 Å². The van der Waals surface area contributed by atoms with E-state index in [1.807, 2.05) is 0 Å². The van der Waals surface area contributed by atoms with E-state index in [9.17, 15) is 19.8 Å². The van der Waals surface area contributed by atoms with Gasteiger partial charge >= 0.3 is 12.1 Å². The lowest BCUT2D eigenvalue weighted by molar-refractivity contribution is -0.139. The number of carboxylic acid groups (broad SMARTS) is 1. The number of aliphatic carboxylic acids is 1. The van der Waals surface area contributed by atoms with Gasteiger partial charge in [0, 0.05) is 11.4 Å². The number of hydrogen-bond donors (Lipinski definition) is 3. The Morgan fingerprint density at radius 3 is 2.21 bits per heavy atom. The van der Waals surface area contributed by atoms with Crippen LogP contribution in [0.25, 0.3) is 0 Å². The molecule has 2 rings (SSSR count). The number of amides is 1. The van der Waals surface area contributed by atoms with Crippen LogP contribution in [0.5, 0.6) is 5.75 Å². The Kier molecular flexibility index (Phi) is 6.03. The van der Waals surface area contributed by atoms with Crippen LogP contribution in [0, 0.1) is 0 Å². The van der Waals surface area contributed by atoms with E-state index in [0.29, 0.717) is 10.6 Å². The van der Waals surface area contributed by atoms with Gasteiger partial charge in [0.2, 0.25) is 0 Å². The van der Waals surface area contributed by atoms with Crippen LogP contribution >= 0.6 is 11.6 Å². The topological polar surface area (TPSA) is 95.9 Å². The van der Waals surface area contributed by atoms with E-state index < -0.39 is 18.1 Å². The normalized spacial score (nSPS) is 11.5. The molecular formula is C17H16ClNO5. The van der Waals surface area contributed by atoms with Crippen LogP contribution < -0.4 is 5.32 Å². The Bertz CT molecular complexity index is 700. The number of ether oxygens (including phenoxy) is 1. The van der Waals surface area contributed by atoms with Gasteiger partial charge in [-0.2, -0.15) is 0 Å². The van der Waals surface area contributed by atoms with Gasteiger partial charge in [-0.15, -0.1) is 0 Å². The third-order valence-electron chi connectivity index (χ3n) is 3.25. The van der Waals surface area contributed by atoms with Crippen molar-refractivity contribution in [3.8, 4) is 5.75 Å². The van der Waals surface area contributed by atoms with Gasteiger partial charge in [0.05, 0.1) is 0 Å². The van der Waals surface area contributed by atoms with Crippen molar-refractivity contribution >= 4 is 23.7 Å². The first-order chi connectivity index (χ1) is 11.4. The molecule has 24 heavy (non-hydrogen) atoms. The minimum Gasteiger partial charge on any atom is -0.508 e. The van der Waals surface area contributed by atoms with Crippen LogP contribution in [-0.2, 0) is 22.6 Å². The van der Waals surface area contributed by atoms with Gasteiger partial charge < -0.3 is 20.3 Å². The smallest absolute Gasteiger partial charge is 0.408 e. The Hall–Kier alpha value is -2.73. The Balaban J connectivity index is 1.89. The second kappa shape index (κ2) is 8.21. The lowest BCUT2D eigenvalue weighted by atomic mass is 10.1. The number of carbonyl (C=O) groups excluding carboxylic acids is 1. The number of phenols is 1. The summed E-state index contributed by atoms with van der Waals surface area (Å²) in [5.74, 6) is -1.09. The molecule has 3 N–H and O–H groups in total. The van der Waals surface area contributed by atoms with E-state index in [-0.39, 0.29) is 18.8 Å². The molecule has 0 spiro atoms. The van der Waals surface area contributed by atoms with Crippen molar-refractivity contribution in [1.29, 1.82) is 0 Å². The first kappa shape index (κ1) is 17.6. The predicted molar refractivity (Wildman–Crippen MR) is 88.0 cm³/mol. The highest BCUT2D eigenvalue weighted by Crippen LogP contribution is 2.12. The first-order valence-corrected chi connectivity index (χ1v) is 7.50. The molecule has 2 aromatic rings. The third-order valence-corrected chi connectivity index (χ3v) is 3.50. The van der Waals surface area contributed by atoms with Crippen LogP contribution in [0.1, 0.15) is 11.1 Å². The zero-order valence-electron chi connectivity index (χ0n) is 12.6. The Morgan fingerprint density at radius 1 is 1.04 bits per heavy atom. The van der Waals surface area contributed by atoms with Crippen molar-refractivity contribution in [2.45, 2.75) is 19.1 Å². The number of halogens is 1. The zero-order valence-corrected chi connectivity index (χ0v) is 13.4. The Morgan fingerprint density at radius 2 is 1.62 bits per heavy atom. The number of carbonyl (C=O) groups is 2. The fourth-order valence-electron chi connectivity index (χ4n) is 1.98. The molecule has 0 unspecified atom stereocenters. The maximum Gasteiger partial charge on any atom is 0.408 e. The molecule has 0 bridgehead atoms. The molecule has 1 atom stereocenters. The molecule has 0 heterocycles. The van der Waals surface area contributed by atoms with Gasteiger partial charge in [0.15, 0.2) is 0 Å². The summed E-state index contributed by atoms with van der Waals surface area (Å²) >= 11 is 5.76. The van der Waals surface area contributed by atoms with Crippen LogP contribution in [0.2, 0.25) is 5.02 Å². The number of benzene rings is 2. The number of alkyl carbamates (subject to hydrolysis) is 1. The molecule has 0 saturated carbocycles. The van der Waals surface area contributed by atoms with Gasteiger partial charge in [0.1, 0.15) is 18.4 Å². The highest BCUT2D eigenvalue weighted by Gasteiger charge is 2.21. The van der Waals surface area contributed by atoms with Crippen molar-refractivity contribution in [2.24, 2.45) is 0 Å². The number of carboxylic acids is 1. The molecule has 0 saturated heterocycles. The van der Waals surface area contributed by atoms with Crippen LogP contribution in [0.15, 0.2) is 48.5 Å². The van der Waals surface area contributed by atoms with E-state index >= 15 is 0 Å². The summed E-state index contributed by atoms with van der Waals surface area (Å²) in [6.07, 6.45) is -0.748. The fourth-order valence-corrected chi connectivity index (χ4v) is 2.11. The molecule has 6 nitrogen and oxygen atoms in total. The van der Waals surface area contributed by atoms with E-state index in [1.54, 1.807) is 36.4 Å². The molecule has 7 heteroatoms. The van der Waals surface area contributed by atoms with Crippen molar-refractivity contribution < 1.29 is 24.5 Å². The SMILES string of the molecule is O=C(N[C@@H](Cc1ccc(O)cc1)C(=O)O)OCc1ccc(Cl)cc1. The molecule has 2 aromatic carbocycles. The average Bonchev–Trinajstić information content (AvgIpc) is 2.55. The lowest BCUT2D eigenvalue weighted by Gasteiger charge is -2.15. The fraction of sp³-hybridized carbons (Fsp3) is 0.176. The third kappa shape index (κ3) is 5.48. The van der Waals surface area contributed by atoms with Crippen LogP contribution in [0.3, 0.4) is 0 Å². The summed E-state index contributed by atoms with van der Waals surface area (Å²) in [5, 5.41) is 21.3. The maximum absolute atomic E-state index is 11.8. The van der Waals surface area contributed by atoms with E-state index in [1.165, 1.54) is 12.1 Å². The maximum atomic E-state index is 11.8. The summed E-state index contributed by atoms with van der Waals surface area (Å²) in [5.41, 5.74) is 1.40. The molecule has 0 aliphatic heterocycles. The van der Waals surface area contributed by atoms with Crippen molar-refractivity contribution in [3.63, 3.8) is 0 Å². The summed E-state index contributed by atoms with van der Waals surface area (Å²) in [4.78, 5) is 23.1. The number of hydrogen-bond acceptors (Lipinski definition) is 4. The largest absolute Gasteiger partial charge is 0.508 e. The highest BCUT2D eigenvalue weighted by atomic mass is 35.5. The number of nitrogens with one attached hydrogen (secondary N) is 1. The number of rotatable bonds is 6. The number of aromatic hydroxyl groups is 1. The minimum absolute atomic E-state index is 0.00848. The molecule has 0 radical (unpaired) electrons. The molecule has 0 fully saturated rings. The summed E-state index contributed by atoms with van der Waals surface area (Å²) < 4.78 is 5.01. The molecule has 126 valence electrons. The second-order valence-corrected chi connectivity index (χ2v) is 5.54. The lowest BCUT2D eigenvalue weighted by Crippen LogP contribution is -2.42. The quantitative estimate of drug-likeness (QED) is 0.745. The monoisotopic (exact) mass is 349 g/mol. The van der Waals surface area contributed by atoms with Crippen molar-refractivity contribution in [1.82, 2.24) is 5.32 Å². The van der Waals surface area contributed by atoms with Gasteiger partial charge in [-0.25, -0.2) is 9.59 Å². The van der Waals surface area contributed by atoms with Crippen LogP contribution in [-0.4, -0.2) is 28.3 Å². The van der Waals surface area contributed by atoms with E-state index in [2.05, 4.69) is 5.32 Å².